The van der Waals surface area contributed by atoms with Gasteiger partial charge in [-0.05, 0) is 30.0 Å². The highest BCUT2D eigenvalue weighted by molar-refractivity contribution is 6.63. The molecule has 3 nitrogen and oxygen atoms in total. The quantitative estimate of drug-likeness (QED) is 0.759. The number of nitrogens with zero attached hydrogens (tertiary/aromatic N) is 1. The molecule has 0 spiro atoms. The maximum Gasteiger partial charge on any atom is 0.254 e. The minimum atomic E-state index is -0.498. The maximum absolute atomic E-state index is 12.2. The first kappa shape index (κ1) is 14.0. The molecule has 0 unspecified atom stereocenters. The molecule has 0 radical (unpaired) electrons. The molecule has 94 valence electrons. The highest BCUT2D eigenvalue weighted by atomic mass is 35.5. The molecular weight excluding hydrogens is 238 g/mol. The molecule has 0 saturated carbocycles. The Morgan fingerprint density at radius 3 is 2.53 bits per heavy atom. The fourth-order valence-corrected chi connectivity index (χ4v) is 2.02. The van der Waals surface area contributed by atoms with Crippen molar-refractivity contribution in [3.63, 3.8) is 0 Å². The lowest BCUT2D eigenvalue weighted by Crippen LogP contribution is -2.27. The predicted octanol–water partition coefficient (Wildman–Crippen LogP) is 2.69. The Morgan fingerprint density at radius 1 is 1.41 bits per heavy atom. The van der Waals surface area contributed by atoms with Crippen LogP contribution in [0.3, 0.4) is 0 Å². The van der Waals surface area contributed by atoms with Gasteiger partial charge in [-0.3, -0.25) is 9.59 Å². The first-order valence-electron chi connectivity index (χ1n) is 5.88. The van der Waals surface area contributed by atoms with Crippen molar-refractivity contribution in [3.8, 4) is 0 Å². The van der Waals surface area contributed by atoms with Crippen molar-refractivity contribution in [2.45, 2.75) is 46.1 Å². The minimum Gasteiger partial charge on any atom is -0.312 e. The molecule has 0 aliphatic heterocycles. The zero-order valence-electron chi connectivity index (χ0n) is 10.5. The predicted molar refractivity (Wildman–Crippen MR) is 69.6 cm³/mol. The van der Waals surface area contributed by atoms with E-state index in [0.717, 1.165) is 12.1 Å². The summed E-state index contributed by atoms with van der Waals surface area (Å²) in [5, 5.41) is -0.498. The van der Waals surface area contributed by atoms with E-state index >= 15 is 0 Å². The minimum absolute atomic E-state index is 0.00246. The molecule has 1 heterocycles. The molecule has 0 aliphatic carbocycles. The van der Waals surface area contributed by atoms with Crippen molar-refractivity contribution < 1.29 is 4.79 Å². The second-order valence-corrected chi connectivity index (χ2v) is 4.85. The van der Waals surface area contributed by atoms with Gasteiger partial charge >= 0.3 is 0 Å². The van der Waals surface area contributed by atoms with Crippen molar-refractivity contribution in [1.29, 1.82) is 0 Å². The van der Waals surface area contributed by atoms with Crippen LogP contribution in [0.1, 0.15) is 44.4 Å². The van der Waals surface area contributed by atoms with E-state index in [1.165, 1.54) is 0 Å². The van der Waals surface area contributed by atoms with Gasteiger partial charge in [0.2, 0.25) is 5.24 Å². The lowest BCUT2D eigenvalue weighted by Gasteiger charge is -2.16. The Balaban J connectivity index is 3.28. The fraction of sp³-hybridized carbons (Fsp3) is 0.538. The molecule has 0 N–H and O–H groups in total. The molecule has 1 aromatic rings. The summed E-state index contributed by atoms with van der Waals surface area (Å²) in [4.78, 5) is 23.0. The van der Waals surface area contributed by atoms with E-state index in [1.54, 1.807) is 10.6 Å². The summed E-state index contributed by atoms with van der Waals surface area (Å²) in [5.41, 5.74) is 1.39. The molecule has 17 heavy (non-hydrogen) atoms. The average Bonchev–Trinajstić information content (AvgIpc) is 2.23. The molecule has 0 atom stereocenters. The van der Waals surface area contributed by atoms with Gasteiger partial charge in [-0.2, -0.15) is 0 Å². The van der Waals surface area contributed by atoms with E-state index in [4.69, 9.17) is 11.6 Å². The second-order valence-electron chi connectivity index (χ2n) is 4.43. The van der Waals surface area contributed by atoms with Crippen LogP contribution < -0.4 is 5.56 Å². The number of rotatable bonds is 5. The van der Waals surface area contributed by atoms with Crippen LogP contribution in [0.15, 0.2) is 16.9 Å². The molecule has 0 bridgehead atoms. The molecule has 0 aliphatic rings. The van der Waals surface area contributed by atoms with Crippen LogP contribution in [0.5, 0.6) is 0 Å². The topological polar surface area (TPSA) is 39.1 Å². The standard InChI is InChI=1S/C13H18ClNO2/c1-4-7-15-11(9(2)3)6-5-10(13(15)17)8-12(14)16/h5-6,9H,4,7-8H2,1-3H3. The normalized spacial score (nSPS) is 10.9. The monoisotopic (exact) mass is 255 g/mol. The lowest BCUT2D eigenvalue weighted by molar-refractivity contribution is -0.111. The number of aromatic nitrogens is 1. The van der Waals surface area contributed by atoms with Crippen molar-refractivity contribution in [1.82, 2.24) is 4.57 Å². The van der Waals surface area contributed by atoms with Crippen molar-refractivity contribution in [2.75, 3.05) is 0 Å². The summed E-state index contributed by atoms with van der Waals surface area (Å²) in [5.74, 6) is 0.287. The smallest absolute Gasteiger partial charge is 0.254 e. The van der Waals surface area contributed by atoms with Gasteiger partial charge in [-0.25, -0.2) is 0 Å². The summed E-state index contributed by atoms with van der Waals surface area (Å²) in [7, 11) is 0. The van der Waals surface area contributed by atoms with Crippen LogP contribution in [0.4, 0.5) is 0 Å². The van der Waals surface area contributed by atoms with Crippen LogP contribution in [-0.2, 0) is 17.8 Å². The molecule has 1 aromatic heterocycles. The number of hydrogen-bond donors (Lipinski definition) is 0. The van der Waals surface area contributed by atoms with Gasteiger partial charge in [-0.15, -0.1) is 0 Å². The van der Waals surface area contributed by atoms with Crippen LogP contribution >= 0.6 is 11.6 Å². The molecule has 0 fully saturated rings. The van der Waals surface area contributed by atoms with Crippen molar-refractivity contribution in [2.24, 2.45) is 0 Å². The van der Waals surface area contributed by atoms with E-state index in [1.807, 2.05) is 26.8 Å². The summed E-state index contributed by atoms with van der Waals surface area (Å²) in [6.07, 6.45) is 0.889. The fourth-order valence-electron chi connectivity index (χ4n) is 1.88. The van der Waals surface area contributed by atoms with Crippen LogP contribution in [0, 0.1) is 0 Å². The van der Waals surface area contributed by atoms with Crippen LogP contribution in [-0.4, -0.2) is 9.81 Å². The molecule has 1 rings (SSSR count). The Bertz CT molecular complexity index is 463. The van der Waals surface area contributed by atoms with Crippen LogP contribution in [0.25, 0.3) is 0 Å². The van der Waals surface area contributed by atoms with Crippen molar-refractivity contribution >= 4 is 16.8 Å². The van der Waals surface area contributed by atoms with Crippen molar-refractivity contribution in [3.05, 3.63) is 33.7 Å². The number of hydrogen-bond acceptors (Lipinski definition) is 2. The number of carbonyl (C=O) groups is 1. The number of pyridine rings is 1. The van der Waals surface area contributed by atoms with E-state index in [9.17, 15) is 9.59 Å². The summed E-state index contributed by atoms with van der Waals surface area (Å²) >= 11 is 5.33. The zero-order valence-corrected chi connectivity index (χ0v) is 11.3. The van der Waals surface area contributed by atoms with E-state index in [0.29, 0.717) is 12.1 Å². The van der Waals surface area contributed by atoms with Gasteiger partial charge in [0.15, 0.2) is 0 Å². The maximum atomic E-state index is 12.2. The number of carbonyl (C=O) groups excluding carboxylic acids is 1. The summed E-state index contributed by atoms with van der Waals surface area (Å²) < 4.78 is 1.75. The first-order chi connectivity index (χ1) is 7.97. The Morgan fingerprint density at radius 2 is 2.06 bits per heavy atom. The SMILES string of the molecule is CCCn1c(C(C)C)ccc(CC(=O)Cl)c1=O. The largest absolute Gasteiger partial charge is 0.312 e. The molecule has 0 aromatic carbocycles. The van der Waals surface area contributed by atoms with E-state index in [2.05, 4.69) is 0 Å². The van der Waals surface area contributed by atoms with Gasteiger partial charge in [0.1, 0.15) is 0 Å². The third-order valence-electron chi connectivity index (χ3n) is 2.65. The van der Waals surface area contributed by atoms with Crippen LogP contribution in [0.2, 0.25) is 0 Å². The van der Waals surface area contributed by atoms with Gasteiger partial charge in [0.05, 0.1) is 6.42 Å². The van der Waals surface area contributed by atoms with E-state index in [-0.39, 0.29) is 17.9 Å². The molecular formula is C13H18ClNO2. The third-order valence-corrected chi connectivity index (χ3v) is 2.79. The average molecular weight is 256 g/mol. The molecule has 0 saturated heterocycles. The first-order valence-corrected chi connectivity index (χ1v) is 6.26. The second kappa shape index (κ2) is 6.01. The Hall–Kier alpha value is -1.09. The summed E-state index contributed by atoms with van der Waals surface area (Å²) in [6.45, 7) is 6.80. The van der Waals surface area contributed by atoms with E-state index < -0.39 is 5.24 Å². The third kappa shape index (κ3) is 3.43. The van der Waals surface area contributed by atoms with Gasteiger partial charge in [0.25, 0.3) is 5.56 Å². The highest BCUT2D eigenvalue weighted by Crippen LogP contribution is 2.14. The van der Waals surface area contributed by atoms with Gasteiger partial charge in [0, 0.05) is 17.8 Å². The highest BCUT2D eigenvalue weighted by Gasteiger charge is 2.12. The number of halogens is 1. The Labute approximate surface area is 106 Å². The zero-order chi connectivity index (χ0) is 13.0. The summed E-state index contributed by atoms with van der Waals surface area (Å²) in [6, 6.07) is 3.63. The van der Waals surface area contributed by atoms with Gasteiger partial charge in [-0.1, -0.05) is 26.8 Å². The molecule has 4 heteroatoms. The lowest BCUT2D eigenvalue weighted by atomic mass is 10.1. The van der Waals surface area contributed by atoms with Gasteiger partial charge < -0.3 is 4.57 Å². The Kier molecular flexibility index (Phi) is 4.94. The molecule has 0 amide bonds.